The molecule has 2 aliphatic carbocycles. The highest BCUT2D eigenvalue weighted by atomic mass is 19.1. The molecule has 0 radical (unpaired) electrons. The van der Waals surface area contributed by atoms with Crippen LogP contribution in [0.4, 0.5) is 4.39 Å². The molecule has 0 amide bonds. The molecule has 2 rings (SSSR count). The van der Waals surface area contributed by atoms with Crippen molar-refractivity contribution in [3.05, 3.63) is 0 Å². The van der Waals surface area contributed by atoms with E-state index in [9.17, 15) is 9.18 Å². The number of carboxylic acids is 1. The summed E-state index contributed by atoms with van der Waals surface area (Å²) in [5, 5.41) is 8.44. The maximum Gasteiger partial charge on any atom is 0.342 e. The number of hydrogen-bond acceptors (Lipinski definition) is 1. The van der Waals surface area contributed by atoms with Crippen molar-refractivity contribution in [1.82, 2.24) is 0 Å². The van der Waals surface area contributed by atoms with Crippen LogP contribution in [0.3, 0.4) is 0 Å². The largest absolute Gasteiger partial charge is 0.479 e. The molecule has 2 unspecified atom stereocenters. The van der Waals surface area contributed by atoms with Gasteiger partial charge >= 0.3 is 5.97 Å². The molecule has 0 aromatic heterocycles. The van der Waals surface area contributed by atoms with Crippen LogP contribution in [0, 0.1) is 11.8 Å². The fourth-order valence-electron chi connectivity index (χ4n) is 2.20. The summed E-state index contributed by atoms with van der Waals surface area (Å²) in [6, 6.07) is 0. The molecule has 1 N–H and O–H groups in total. The molecular formula is C7H9FO2. The van der Waals surface area contributed by atoms with Crippen LogP contribution < -0.4 is 0 Å². The first-order valence-corrected chi connectivity index (χ1v) is 3.59. The highest BCUT2D eigenvalue weighted by Crippen LogP contribution is 2.63. The zero-order valence-electron chi connectivity index (χ0n) is 5.51. The van der Waals surface area contributed by atoms with E-state index in [0.29, 0.717) is 0 Å². The lowest BCUT2D eigenvalue weighted by molar-refractivity contribution is -0.146. The fourth-order valence-corrected chi connectivity index (χ4v) is 2.20. The van der Waals surface area contributed by atoms with Gasteiger partial charge in [-0.3, -0.25) is 0 Å². The van der Waals surface area contributed by atoms with Gasteiger partial charge in [0.05, 0.1) is 0 Å². The van der Waals surface area contributed by atoms with Crippen LogP contribution in [0.5, 0.6) is 0 Å². The van der Waals surface area contributed by atoms with E-state index in [0.717, 1.165) is 19.3 Å². The molecule has 2 atom stereocenters. The molecular weight excluding hydrogens is 135 g/mol. The Bertz CT molecular complexity index is 180. The van der Waals surface area contributed by atoms with Crippen molar-refractivity contribution in [1.29, 1.82) is 0 Å². The average molecular weight is 144 g/mol. The third-order valence-electron chi connectivity index (χ3n) is 2.81. The minimum Gasteiger partial charge on any atom is -0.479 e. The number of alkyl halides is 1. The van der Waals surface area contributed by atoms with Crippen molar-refractivity contribution in [2.24, 2.45) is 11.8 Å². The predicted molar refractivity (Wildman–Crippen MR) is 32.3 cm³/mol. The van der Waals surface area contributed by atoms with Crippen molar-refractivity contribution >= 4 is 5.97 Å². The molecule has 10 heavy (non-hydrogen) atoms. The minimum atomic E-state index is -1.82. The summed E-state index contributed by atoms with van der Waals surface area (Å²) in [5.41, 5.74) is -1.82. The third kappa shape index (κ3) is 0.470. The molecule has 0 spiro atoms. The first-order valence-electron chi connectivity index (χ1n) is 3.59. The minimum absolute atomic E-state index is 0.148. The number of aliphatic carboxylic acids is 1. The second-order valence-corrected chi connectivity index (χ2v) is 3.22. The molecule has 0 aromatic carbocycles. The summed E-state index contributed by atoms with van der Waals surface area (Å²) in [5.74, 6) is -1.54. The van der Waals surface area contributed by atoms with Gasteiger partial charge in [-0.25, -0.2) is 9.18 Å². The summed E-state index contributed by atoms with van der Waals surface area (Å²) in [6.45, 7) is 0. The van der Waals surface area contributed by atoms with Crippen LogP contribution in [0.15, 0.2) is 0 Å². The van der Waals surface area contributed by atoms with E-state index in [4.69, 9.17) is 5.11 Å². The number of carboxylic acid groups (broad SMARTS) is 1. The van der Waals surface area contributed by atoms with E-state index < -0.39 is 11.6 Å². The maximum atomic E-state index is 13.1. The molecule has 56 valence electrons. The smallest absolute Gasteiger partial charge is 0.342 e. The van der Waals surface area contributed by atoms with E-state index >= 15 is 0 Å². The summed E-state index contributed by atoms with van der Waals surface area (Å²) in [4.78, 5) is 10.3. The van der Waals surface area contributed by atoms with Crippen molar-refractivity contribution in [2.45, 2.75) is 24.9 Å². The Morgan fingerprint density at radius 1 is 1.50 bits per heavy atom. The molecule has 0 aliphatic heterocycles. The number of rotatable bonds is 1. The van der Waals surface area contributed by atoms with Gasteiger partial charge in [0, 0.05) is 11.8 Å². The van der Waals surface area contributed by atoms with Gasteiger partial charge in [-0.2, -0.15) is 0 Å². The zero-order valence-corrected chi connectivity index (χ0v) is 5.51. The van der Waals surface area contributed by atoms with E-state index in [-0.39, 0.29) is 11.8 Å². The molecule has 0 aromatic rings. The van der Waals surface area contributed by atoms with Gasteiger partial charge in [0.2, 0.25) is 5.67 Å². The Labute approximate surface area is 58.0 Å². The van der Waals surface area contributed by atoms with E-state index in [2.05, 4.69) is 0 Å². The zero-order chi connectivity index (χ0) is 7.35. The lowest BCUT2D eigenvalue weighted by Gasteiger charge is -2.03. The highest BCUT2D eigenvalue weighted by Gasteiger charge is 2.72. The van der Waals surface area contributed by atoms with Crippen LogP contribution in [-0.4, -0.2) is 16.7 Å². The number of fused-ring (bicyclic) bond motifs is 1. The normalized spacial score (nSPS) is 50.5. The van der Waals surface area contributed by atoms with Gasteiger partial charge in [-0.05, 0) is 12.8 Å². The van der Waals surface area contributed by atoms with Crippen LogP contribution in [0.2, 0.25) is 0 Å². The Kier molecular flexibility index (Phi) is 0.932. The standard InChI is InChI=1S/C7H9FO2/c8-7(6(9)10)4-2-1-3-5(4)7/h4-5H,1-3H2,(H,9,10). The second-order valence-electron chi connectivity index (χ2n) is 3.22. The first-order chi connectivity index (χ1) is 4.67. The third-order valence-corrected chi connectivity index (χ3v) is 2.81. The quantitative estimate of drug-likeness (QED) is 0.600. The lowest BCUT2D eigenvalue weighted by atomic mass is 10.1. The van der Waals surface area contributed by atoms with E-state index in [1.807, 2.05) is 0 Å². The van der Waals surface area contributed by atoms with Gasteiger partial charge in [0.25, 0.3) is 0 Å². The lowest BCUT2D eigenvalue weighted by Crippen LogP contribution is -2.22. The molecule has 2 nitrogen and oxygen atoms in total. The number of halogens is 1. The molecule has 0 bridgehead atoms. The predicted octanol–water partition coefficient (Wildman–Crippen LogP) is 1.21. The summed E-state index contributed by atoms with van der Waals surface area (Å²) in [6.07, 6.45) is 2.55. The summed E-state index contributed by atoms with van der Waals surface area (Å²) in [7, 11) is 0. The Hall–Kier alpha value is -0.600. The number of hydrogen-bond donors (Lipinski definition) is 1. The molecule has 2 fully saturated rings. The first kappa shape index (κ1) is 6.13. The van der Waals surface area contributed by atoms with Crippen LogP contribution >= 0.6 is 0 Å². The van der Waals surface area contributed by atoms with Crippen LogP contribution in [0.25, 0.3) is 0 Å². The molecule has 2 aliphatic rings. The Morgan fingerprint density at radius 3 is 2.30 bits per heavy atom. The molecule has 0 heterocycles. The van der Waals surface area contributed by atoms with Crippen LogP contribution in [0.1, 0.15) is 19.3 Å². The SMILES string of the molecule is O=C(O)C1(F)C2CCCC21. The Balaban J connectivity index is 2.17. The monoisotopic (exact) mass is 144 g/mol. The summed E-state index contributed by atoms with van der Waals surface area (Å²) >= 11 is 0. The fraction of sp³-hybridized carbons (Fsp3) is 0.857. The topological polar surface area (TPSA) is 37.3 Å². The number of carbonyl (C=O) groups is 1. The van der Waals surface area contributed by atoms with Gasteiger partial charge in [0.1, 0.15) is 0 Å². The van der Waals surface area contributed by atoms with Crippen molar-refractivity contribution in [2.75, 3.05) is 0 Å². The highest BCUT2D eigenvalue weighted by molar-refractivity contribution is 5.82. The molecule has 2 saturated carbocycles. The summed E-state index contributed by atoms with van der Waals surface area (Å²) < 4.78 is 13.1. The van der Waals surface area contributed by atoms with E-state index in [1.165, 1.54) is 0 Å². The average Bonchev–Trinajstić information content (AvgIpc) is 2.28. The second kappa shape index (κ2) is 1.52. The molecule has 3 heteroatoms. The van der Waals surface area contributed by atoms with Gasteiger partial charge in [-0.1, -0.05) is 6.42 Å². The van der Waals surface area contributed by atoms with Gasteiger partial charge in [-0.15, -0.1) is 0 Å². The Morgan fingerprint density at radius 2 is 2.00 bits per heavy atom. The van der Waals surface area contributed by atoms with E-state index in [1.54, 1.807) is 0 Å². The van der Waals surface area contributed by atoms with Crippen LogP contribution in [-0.2, 0) is 4.79 Å². The van der Waals surface area contributed by atoms with Gasteiger partial charge < -0.3 is 5.11 Å². The maximum absolute atomic E-state index is 13.1. The van der Waals surface area contributed by atoms with Crippen molar-refractivity contribution < 1.29 is 14.3 Å². The van der Waals surface area contributed by atoms with Gasteiger partial charge in [0.15, 0.2) is 0 Å². The van der Waals surface area contributed by atoms with Crippen molar-refractivity contribution in [3.63, 3.8) is 0 Å². The molecule has 0 saturated heterocycles. The van der Waals surface area contributed by atoms with Crippen molar-refractivity contribution in [3.8, 4) is 0 Å².